The molecule has 0 aliphatic rings. The molecule has 0 unspecified atom stereocenters. The summed E-state index contributed by atoms with van der Waals surface area (Å²) < 4.78 is 1.34. The predicted molar refractivity (Wildman–Crippen MR) is 110 cm³/mol. The molecule has 27 heavy (non-hydrogen) atoms. The molecule has 6 heteroatoms. The van der Waals surface area contributed by atoms with E-state index >= 15 is 0 Å². The summed E-state index contributed by atoms with van der Waals surface area (Å²) in [5.41, 5.74) is 2.49. The number of aromatic nitrogens is 2. The van der Waals surface area contributed by atoms with Gasteiger partial charge in [-0.2, -0.15) is 0 Å². The molecule has 3 aromatic rings. The van der Waals surface area contributed by atoms with Crippen LogP contribution < -0.4 is 5.56 Å². The third kappa shape index (κ3) is 2.98. The number of aryl methyl sites for hydroxylation is 4. The van der Waals surface area contributed by atoms with Crippen LogP contribution in [0.1, 0.15) is 42.6 Å². The van der Waals surface area contributed by atoms with Crippen molar-refractivity contribution in [2.75, 3.05) is 0 Å². The average molecular weight is 385 g/mol. The Morgan fingerprint density at radius 3 is 2.44 bits per heavy atom. The lowest BCUT2D eigenvalue weighted by molar-refractivity contribution is -0.146. The Kier molecular flexibility index (Phi) is 4.72. The molecule has 2 aromatic heterocycles. The molecule has 142 valence electrons. The van der Waals surface area contributed by atoms with E-state index in [4.69, 9.17) is 0 Å². The number of carboxylic acids is 1. The van der Waals surface area contributed by atoms with Gasteiger partial charge in [0.1, 0.15) is 16.2 Å². The first-order valence-corrected chi connectivity index (χ1v) is 9.77. The molecule has 0 fully saturated rings. The van der Waals surface area contributed by atoms with Gasteiger partial charge in [0.2, 0.25) is 0 Å². The number of carboxylic acid groups (broad SMARTS) is 1. The van der Waals surface area contributed by atoms with Crippen LogP contribution in [0.25, 0.3) is 21.3 Å². The highest BCUT2D eigenvalue weighted by molar-refractivity contribution is 7.19. The molecule has 0 aliphatic carbocycles. The van der Waals surface area contributed by atoms with Crippen LogP contribution in [0.5, 0.6) is 0 Å². The Bertz CT molecular complexity index is 1120. The Labute approximate surface area is 162 Å². The average Bonchev–Trinajstić information content (AvgIpc) is 2.93. The molecule has 0 saturated heterocycles. The number of benzene rings is 1. The molecule has 0 bridgehead atoms. The molecule has 1 N–H and O–H groups in total. The molecule has 5 nitrogen and oxygen atoms in total. The summed E-state index contributed by atoms with van der Waals surface area (Å²) in [5, 5.41) is 10.2. The molecule has 1 aromatic carbocycles. The van der Waals surface area contributed by atoms with Crippen molar-refractivity contribution in [3.63, 3.8) is 0 Å². The molecular formula is C21H24N2O3S. The number of rotatable bonds is 4. The molecule has 0 atom stereocenters. The van der Waals surface area contributed by atoms with Gasteiger partial charge in [-0.3, -0.25) is 9.36 Å². The van der Waals surface area contributed by atoms with Crippen LogP contribution in [0.2, 0.25) is 0 Å². The van der Waals surface area contributed by atoms with Crippen LogP contribution in [-0.4, -0.2) is 20.6 Å². The topological polar surface area (TPSA) is 72.2 Å². The maximum atomic E-state index is 13.5. The molecule has 3 rings (SSSR count). The Morgan fingerprint density at radius 2 is 1.89 bits per heavy atom. The fourth-order valence-electron chi connectivity index (χ4n) is 3.36. The highest BCUT2D eigenvalue weighted by Crippen LogP contribution is 2.37. The van der Waals surface area contributed by atoms with E-state index in [0.717, 1.165) is 21.6 Å². The Balaban J connectivity index is 2.45. The molecule has 0 saturated carbocycles. The SMILES string of the molecule is CCc1nc2sc(C)c(-c3ccc(C)c(C)c3)c2c(=O)n1C(C)(C)C(=O)O. The lowest BCUT2D eigenvalue weighted by atomic mass is 9.98. The highest BCUT2D eigenvalue weighted by atomic mass is 32.1. The van der Waals surface area contributed by atoms with Crippen molar-refractivity contribution < 1.29 is 9.90 Å². The van der Waals surface area contributed by atoms with Gasteiger partial charge < -0.3 is 5.11 Å². The zero-order valence-corrected chi connectivity index (χ0v) is 17.3. The minimum atomic E-state index is -1.38. The number of hydrogen-bond acceptors (Lipinski definition) is 4. The van der Waals surface area contributed by atoms with Crippen molar-refractivity contribution in [2.45, 2.75) is 53.5 Å². The van der Waals surface area contributed by atoms with Crippen LogP contribution in [-0.2, 0) is 16.8 Å². The summed E-state index contributed by atoms with van der Waals surface area (Å²) in [4.78, 5) is 31.7. The first-order valence-electron chi connectivity index (χ1n) is 8.96. The van der Waals surface area contributed by atoms with Gasteiger partial charge in [-0.15, -0.1) is 11.3 Å². The van der Waals surface area contributed by atoms with Gasteiger partial charge in [0.15, 0.2) is 0 Å². The maximum Gasteiger partial charge on any atom is 0.329 e. The maximum absolute atomic E-state index is 13.5. The van der Waals surface area contributed by atoms with E-state index in [-0.39, 0.29) is 5.56 Å². The quantitative estimate of drug-likeness (QED) is 0.722. The summed E-state index contributed by atoms with van der Waals surface area (Å²) >= 11 is 1.48. The van der Waals surface area contributed by atoms with E-state index < -0.39 is 11.5 Å². The van der Waals surface area contributed by atoms with E-state index in [2.05, 4.69) is 18.0 Å². The number of aliphatic carboxylic acids is 1. The lowest BCUT2D eigenvalue weighted by Gasteiger charge is -2.25. The number of thiophene rings is 1. The zero-order chi connectivity index (χ0) is 20.1. The van der Waals surface area contributed by atoms with Crippen molar-refractivity contribution in [1.82, 2.24) is 9.55 Å². The second-order valence-electron chi connectivity index (χ2n) is 7.40. The predicted octanol–water partition coefficient (Wildman–Crippen LogP) is 4.43. The molecule has 0 aliphatic heterocycles. The smallest absolute Gasteiger partial charge is 0.329 e. The van der Waals surface area contributed by atoms with Gasteiger partial charge in [-0.05, 0) is 51.3 Å². The second kappa shape index (κ2) is 6.60. The summed E-state index contributed by atoms with van der Waals surface area (Å²) in [6.45, 7) is 11.0. The van der Waals surface area contributed by atoms with Crippen LogP contribution >= 0.6 is 11.3 Å². The first kappa shape index (κ1) is 19.3. The number of carbonyl (C=O) groups is 1. The highest BCUT2D eigenvalue weighted by Gasteiger charge is 2.34. The standard InChI is InChI=1S/C21H24N2O3S/c1-7-15-22-18-17(19(24)23(15)21(5,6)20(25)26)16(13(4)27-18)14-9-8-11(2)12(3)10-14/h8-10H,7H2,1-6H3,(H,25,26). The van der Waals surface area contributed by atoms with E-state index in [9.17, 15) is 14.7 Å². The summed E-state index contributed by atoms with van der Waals surface area (Å²) in [6.07, 6.45) is 0.484. The van der Waals surface area contributed by atoms with Gasteiger partial charge >= 0.3 is 5.97 Å². The Morgan fingerprint density at radius 1 is 1.22 bits per heavy atom. The van der Waals surface area contributed by atoms with Crippen LogP contribution in [0.3, 0.4) is 0 Å². The molecule has 2 heterocycles. The van der Waals surface area contributed by atoms with E-state index in [1.165, 1.54) is 21.5 Å². The summed E-state index contributed by atoms with van der Waals surface area (Å²) in [5.74, 6) is -0.562. The van der Waals surface area contributed by atoms with Crippen molar-refractivity contribution in [3.8, 4) is 11.1 Å². The lowest BCUT2D eigenvalue weighted by Crippen LogP contribution is -2.44. The van der Waals surface area contributed by atoms with E-state index in [0.29, 0.717) is 22.5 Å². The van der Waals surface area contributed by atoms with Gasteiger partial charge in [-0.25, -0.2) is 9.78 Å². The van der Waals surface area contributed by atoms with Crippen LogP contribution in [0.15, 0.2) is 23.0 Å². The minimum absolute atomic E-state index is 0.290. The Hall–Kier alpha value is -2.47. The molecule has 0 amide bonds. The van der Waals surface area contributed by atoms with Crippen LogP contribution in [0.4, 0.5) is 0 Å². The monoisotopic (exact) mass is 384 g/mol. The van der Waals surface area contributed by atoms with Crippen molar-refractivity contribution in [1.29, 1.82) is 0 Å². The zero-order valence-electron chi connectivity index (χ0n) is 16.5. The minimum Gasteiger partial charge on any atom is -0.480 e. The number of hydrogen-bond donors (Lipinski definition) is 1. The number of fused-ring (bicyclic) bond motifs is 1. The largest absolute Gasteiger partial charge is 0.480 e. The second-order valence-corrected chi connectivity index (χ2v) is 8.60. The van der Waals surface area contributed by atoms with E-state index in [1.807, 2.05) is 32.9 Å². The van der Waals surface area contributed by atoms with E-state index in [1.54, 1.807) is 13.8 Å². The van der Waals surface area contributed by atoms with Gasteiger partial charge in [0.25, 0.3) is 5.56 Å². The fraction of sp³-hybridized carbons (Fsp3) is 0.381. The van der Waals surface area contributed by atoms with Crippen molar-refractivity contribution in [2.24, 2.45) is 0 Å². The number of nitrogens with zero attached hydrogens (tertiary/aromatic N) is 2. The first-order chi connectivity index (χ1) is 12.6. The van der Waals surface area contributed by atoms with Gasteiger partial charge in [0.05, 0.1) is 5.39 Å². The van der Waals surface area contributed by atoms with Gasteiger partial charge in [0, 0.05) is 16.9 Å². The van der Waals surface area contributed by atoms with Crippen molar-refractivity contribution >= 4 is 27.5 Å². The fourth-order valence-corrected chi connectivity index (χ4v) is 4.41. The van der Waals surface area contributed by atoms with Crippen LogP contribution in [0, 0.1) is 20.8 Å². The third-order valence-corrected chi connectivity index (χ3v) is 6.16. The molecule has 0 radical (unpaired) electrons. The molecule has 0 spiro atoms. The summed E-state index contributed by atoms with van der Waals surface area (Å²) in [7, 11) is 0. The van der Waals surface area contributed by atoms with Gasteiger partial charge in [-0.1, -0.05) is 25.1 Å². The molecular weight excluding hydrogens is 360 g/mol. The summed E-state index contributed by atoms with van der Waals surface area (Å²) in [6, 6.07) is 6.13. The third-order valence-electron chi connectivity index (χ3n) is 5.17. The normalized spacial score (nSPS) is 11.9. The van der Waals surface area contributed by atoms with Crippen molar-refractivity contribution in [3.05, 3.63) is 50.4 Å².